The molecule has 2 atom stereocenters. The molecule has 1 saturated heterocycles. The van der Waals surface area contributed by atoms with Crippen molar-refractivity contribution in [1.29, 1.82) is 0 Å². The fourth-order valence-electron chi connectivity index (χ4n) is 2.11. The third kappa shape index (κ3) is 3.52. The summed E-state index contributed by atoms with van der Waals surface area (Å²) in [5.41, 5.74) is 0.309. The van der Waals surface area contributed by atoms with E-state index in [2.05, 4.69) is 10.0 Å². The topological polar surface area (TPSA) is 78.5 Å². The van der Waals surface area contributed by atoms with Crippen LogP contribution in [0.4, 0.5) is 10.1 Å². The molecule has 9 heteroatoms. The van der Waals surface area contributed by atoms with Crippen molar-refractivity contribution in [3.63, 3.8) is 0 Å². The van der Waals surface area contributed by atoms with E-state index < -0.39 is 28.0 Å². The van der Waals surface area contributed by atoms with E-state index in [4.69, 9.17) is 11.6 Å². The van der Waals surface area contributed by atoms with E-state index in [0.717, 1.165) is 10.4 Å². The van der Waals surface area contributed by atoms with Crippen LogP contribution in [0, 0.1) is 5.82 Å². The number of amides is 1. The molecule has 0 saturated carbocycles. The highest BCUT2D eigenvalue weighted by atomic mass is 35.5. The number of benzene rings is 1. The van der Waals surface area contributed by atoms with Gasteiger partial charge in [0, 0.05) is 18.8 Å². The zero-order valence-electron chi connectivity index (χ0n) is 11.4. The van der Waals surface area contributed by atoms with Crippen molar-refractivity contribution >= 4 is 33.4 Å². The molecule has 0 radical (unpaired) electrons. The Morgan fingerprint density at radius 1 is 1.52 bits per heavy atom. The van der Waals surface area contributed by atoms with Crippen LogP contribution in [0.1, 0.15) is 13.3 Å². The summed E-state index contributed by atoms with van der Waals surface area (Å²) in [5.74, 6) is -1.08. The van der Waals surface area contributed by atoms with Gasteiger partial charge in [0.25, 0.3) is 10.2 Å². The van der Waals surface area contributed by atoms with E-state index in [1.807, 2.05) is 0 Å². The molecule has 2 rings (SSSR count). The zero-order valence-corrected chi connectivity index (χ0v) is 13.0. The molecule has 1 aliphatic heterocycles. The van der Waals surface area contributed by atoms with Gasteiger partial charge < -0.3 is 5.32 Å². The SMILES string of the molecule is C[C@H]1C[C@@H](C(=O)Nc2ccc(F)c(Cl)c2)N(C)S(=O)(=O)N1. The maximum Gasteiger partial charge on any atom is 0.280 e. The molecule has 1 aromatic carbocycles. The third-order valence-electron chi connectivity index (χ3n) is 3.23. The fourth-order valence-corrected chi connectivity index (χ4v) is 3.58. The Morgan fingerprint density at radius 2 is 2.19 bits per heavy atom. The highest BCUT2D eigenvalue weighted by molar-refractivity contribution is 7.87. The molecule has 0 spiro atoms. The number of likely N-dealkylation sites (N-methyl/N-ethyl adjacent to an activating group) is 1. The van der Waals surface area contributed by atoms with Crippen molar-refractivity contribution in [1.82, 2.24) is 9.03 Å². The van der Waals surface area contributed by atoms with Crippen molar-refractivity contribution in [2.75, 3.05) is 12.4 Å². The zero-order chi connectivity index (χ0) is 15.8. The van der Waals surface area contributed by atoms with Gasteiger partial charge in [-0.2, -0.15) is 17.4 Å². The van der Waals surface area contributed by atoms with Crippen LogP contribution >= 0.6 is 11.6 Å². The van der Waals surface area contributed by atoms with Crippen LogP contribution in [0.25, 0.3) is 0 Å². The molecule has 0 aromatic heterocycles. The Hall–Kier alpha value is -1.22. The molecule has 1 heterocycles. The average molecular weight is 336 g/mol. The van der Waals surface area contributed by atoms with Gasteiger partial charge in [-0.3, -0.25) is 4.79 Å². The van der Waals surface area contributed by atoms with Crippen LogP contribution in [-0.2, 0) is 15.0 Å². The lowest BCUT2D eigenvalue weighted by Crippen LogP contribution is -2.58. The molecular weight excluding hydrogens is 321 g/mol. The summed E-state index contributed by atoms with van der Waals surface area (Å²) in [6.45, 7) is 1.68. The summed E-state index contributed by atoms with van der Waals surface area (Å²) in [4.78, 5) is 12.2. The second kappa shape index (κ2) is 5.88. The summed E-state index contributed by atoms with van der Waals surface area (Å²) in [6, 6.07) is 2.57. The van der Waals surface area contributed by atoms with E-state index >= 15 is 0 Å². The number of nitrogens with one attached hydrogen (secondary N) is 2. The lowest BCUT2D eigenvalue weighted by atomic mass is 10.1. The minimum atomic E-state index is -3.68. The molecule has 0 unspecified atom stereocenters. The van der Waals surface area contributed by atoms with Crippen LogP contribution in [0.3, 0.4) is 0 Å². The Bertz CT molecular complexity index is 668. The summed E-state index contributed by atoms with van der Waals surface area (Å²) >= 11 is 5.64. The number of anilines is 1. The van der Waals surface area contributed by atoms with Crippen LogP contribution in [0.15, 0.2) is 18.2 Å². The van der Waals surface area contributed by atoms with Crippen LogP contribution in [-0.4, -0.2) is 37.8 Å². The van der Waals surface area contributed by atoms with Crippen molar-refractivity contribution in [2.24, 2.45) is 0 Å². The minimum absolute atomic E-state index is 0.118. The summed E-state index contributed by atoms with van der Waals surface area (Å²) in [6.07, 6.45) is 0.330. The first-order chi connectivity index (χ1) is 9.70. The predicted molar refractivity (Wildman–Crippen MR) is 77.7 cm³/mol. The molecule has 6 nitrogen and oxygen atoms in total. The Labute approximate surface area is 127 Å². The second-order valence-electron chi connectivity index (χ2n) is 4.91. The van der Waals surface area contributed by atoms with Gasteiger partial charge in [-0.25, -0.2) is 4.39 Å². The van der Waals surface area contributed by atoms with E-state index in [-0.39, 0.29) is 11.1 Å². The molecular formula is C12H15ClFN3O3S. The molecule has 2 N–H and O–H groups in total. The van der Waals surface area contributed by atoms with Crippen LogP contribution < -0.4 is 10.0 Å². The molecule has 0 bridgehead atoms. The maximum absolute atomic E-state index is 13.1. The van der Waals surface area contributed by atoms with Gasteiger partial charge in [0.1, 0.15) is 11.9 Å². The number of halogens is 2. The number of nitrogens with zero attached hydrogens (tertiary/aromatic N) is 1. The Morgan fingerprint density at radius 3 is 2.81 bits per heavy atom. The number of carbonyl (C=O) groups excluding carboxylic acids is 1. The van der Waals surface area contributed by atoms with Gasteiger partial charge in [0.2, 0.25) is 5.91 Å². The molecule has 1 fully saturated rings. The summed E-state index contributed by atoms with van der Waals surface area (Å²) < 4.78 is 40.1. The smallest absolute Gasteiger partial charge is 0.280 e. The fraction of sp³-hybridized carbons (Fsp3) is 0.417. The largest absolute Gasteiger partial charge is 0.325 e. The summed E-state index contributed by atoms with van der Waals surface area (Å²) in [5, 5.41) is 2.43. The standard InChI is InChI=1S/C12H15ClFN3O3S/c1-7-5-11(17(2)21(19,20)16-7)12(18)15-8-3-4-10(14)9(13)6-8/h3-4,6-7,11,16H,5H2,1-2H3,(H,15,18)/t7-,11-/m0/s1. The van der Waals surface area contributed by atoms with Gasteiger partial charge >= 0.3 is 0 Å². The lowest BCUT2D eigenvalue weighted by Gasteiger charge is -2.34. The monoisotopic (exact) mass is 335 g/mol. The second-order valence-corrected chi connectivity index (χ2v) is 7.08. The number of hydrogen-bond donors (Lipinski definition) is 2. The molecule has 1 aliphatic rings. The number of carbonyl (C=O) groups is 1. The minimum Gasteiger partial charge on any atom is -0.325 e. The molecule has 0 aliphatic carbocycles. The molecule has 21 heavy (non-hydrogen) atoms. The normalized spacial score (nSPS) is 25.5. The molecule has 1 aromatic rings. The Balaban J connectivity index is 2.17. The number of hydrogen-bond acceptors (Lipinski definition) is 3. The maximum atomic E-state index is 13.1. The van der Waals surface area contributed by atoms with Crippen LogP contribution in [0.5, 0.6) is 0 Å². The predicted octanol–water partition coefficient (Wildman–Crippen LogP) is 1.34. The Kier molecular flexibility index (Phi) is 4.52. The van der Waals surface area contributed by atoms with Crippen molar-refractivity contribution in [3.8, 4) is 0 Å². The first-order valence-electron chi connectivity index (χ1n) is 6.22. The average Bonchev–Trinajstić information content (AvgIpc) is 2.37. The van der Waals surface area contributed by atoms with Gasteiger partial charge in [-0.05, 0) is 31.5 Å². The van der Waals surface area contributed by atoms with Crippen molar-refractivity contribution in [2.45, 2.75) is 25.4 Å². The van der Waals surface area contributed by atoms with Crippen molar-refractivity contribution < 1.29 is 17.6 Å². The van der Waals surface area contributed by atoms with E-state index in [1.54, 1.807) is 6.92 Å². The summed E-state index contributed by atoms with van der Waals surface area (Å²) in [7, 11) is -2.35. The van der Waals surface area contributed by atoms with Gasteiger partial charge in [-0.15, -0.1) is 0 Å². The third-order valence-corrected chi connectivity index (χ3v) is 5.24. The first kappa shape index (κ1) is 16.2. The number of rotatable bonds is 2. The quantitative estimate of drug-likeness (QED) is 0.856. The van der Waals surface area contributed by atoms with Gasteiger partial charge in [-0.1, -0.05) is 11.6 Å². The lowest BCUT2D eigenvalue weighted by molar-refractivity contribution is -0.120. The molecule has 1 amide bonds. The van der Waals surface area contributed by atoms with E-state index in [0.29, 0.717) is 12.1 Å². The highest BCUT2D eigenvalue weighted by Crippen LogP contribution is 2.22. The molecule has 116 valence electrons. The van der Waals surface area contributed by atoms with Gasteiger partial charge in [0.05, 0.1) is 5.02 Å². The highest BCUT2D eigenvalue weighted by Gasteiger charge is 2.38. The van der Waals surface area contributed by atoms with Crippen molar-refractivity contribution in [3.05, 3.63) is 29.0 Å². The van der Waals surface area contributed by atoms with Crippen LogP contribution in [0.2, 0.25) is 5.02 Å². The first-order valence-corrected chi connectivity index (χ1v) is 8.03. The van der Waals surface area contributed by atoms with Gasteiger partial charge in [0.15, 0.2) is 0 Å². The van der Waals surface area contributed by atoms with E-state index in [1.165, 1.54) is 19.2 Å². The van der Waals surface area contributed by atoms with E-state index in [9.17, 15) is 17.6 Å².